The first-order valence-corrected chi connectivity index (χ1v) is 3.76. The van der Waals surface area contributed by atoms with E-state index in [1.807, 2.05) is 0 Å². The fourth-order valence-electron chi connectivity index (χ4n) is 0.815. The standard InChI is InChI=1S/C7H11NS.ClH/c1-4-5(2)9-6(3)7(4)8;/h8H2,1-3H3;1H. The molecular formula is C7H12ClNS. The van der Waals surface area contributed by atoms with Gasteiger partial charge in [-0.3, -0.25) is 0 Å². The molecule has 0 aliphatic heterocycles. The molecule has 1 heterocycles. The molecule has 0 atom stereocenters. The number of nitrogen functional groups attached to an aromatic ring is 1. The Hall–Kier alpha value is -0.210. The monoisotopic (exact) mass is 177 g/mol. The average Bonchev–Trinajstić information content (AvgIpc) is 1.98. The maximum Gasteiger partial charge on any atom is 0.0484 e. The first-order chi connectivity index (χ1) is 4.13. The van der Waals surface area contributed by atoms with Crippen LogP contribution in [0.3, 0.4) is 0 Å². The highest BCUT2D eigenvalue weighted by Gasteiger charge is 2.03. The minimum absolute atomic E-state index is 0. The van der Waals surface area contributed by atoms with E-state index in [1.165, 1.54) is 15.3 Å². The maximum atomic E-state index is 5.71. The Bertz CT molecular complexity index is 207. The number of aryl methyl sites for hydroxylation is 2. The zero-order valence-corrected chi connectivity index (χ0v) is 8.03. The zero-order valence-electron chi connectivity index (χ0n) is 6.39. The van der Waals surface area contributed by atoms with Crippen LogP contribution in [-0.4, -0.2) is 0 Å². The quantitative estimate of drug-likeness (QED) is 0.648. The van der Waals surface area contributed by atoms with Crippen molar-refractivity contribution in [3.8, 4) is 0 Å². The minimum Gasteiger partial charge on any atom is -0.398 e. The Morgan fingerprint density at radius 2 is 1.60 bits per heavy atom. The molecule has 1 aromatic rings. The summed E-state index contributed by atoms with van der Waals surface area (Å²) in [4.78, 5) is 2.58. The Kier molecular flexibility index (Phi) is 3.19. The average molecular weight is 178 g/mol. The van der Waals surface area contributed by atoms with Crippen molar-refractivity contribution in [1.29, 1.82) is 0 Å². The van der Waals surface area contributed by atoms with Crippen LogP contribution in [0.4, 0.5) is 5.69 Å². The summed E-state index contributed by atoms with van der Waals surface area (Å²) in [7, 11) is 0. The second-order valence-corrected chi connectivity index (χ2v) is 3.68. The van der Waals surface area contributed by atoms with Crippen molar-refractivity contribution < 1.29 is 0 Å². The molecule has 0 saturated carbocycles. The number of nitrogens with two attached hydrogens (primary N) is 1. The van der Waals surface area contributed by atoms with Crippen molar-refractivity contribution in [3.05, 3.63) is 15.3 Å². The van der Waals surface area contributed by atoms with Gasteiger partial charge in [0, 0.05) is 15.4 Å². The molecule has 58 valence electrons. The normalized spacial score (nSPS) is 9.10. The van der Waals surface area contributed by atoms with Gasteiger partial charge in [0.1, 0.15) is 0 Å². The summed E-state index contributed by atoms with van der Waals surface area (Å²) < 4.78 is 0. The van der Waals surface area contributed by atoms with Crippen molar-refractivity contribution in [3.63, 3.8) is 0 Å². The maximum absolute atomic E-state index is 5.71. The summed E-state index contributed by atoms with van der Waals surface area (Å²) in [6, 6.07) is 0. The third kappa shape index (κ3) is 1.44. The van der Waals surface area contributed by atoms with Gasteiger partial charge in [-0.15, -0.1) is 23.7 Å². The molecule has 2 N–H and O–H groups in total. The Morgan fingerprint density at radius 3 is 1.70 bits per heavy atom. The zero-order chi connectivity index (χ0) is 7.02. The summed E-state index contributed by atoms with van der Waals surface area (Å²) in [5, 5.41) is 0. The van der Waals surface area contributed by atoms with Gasteiger partial charge in [-0.1, -0.05) is 0 Å². The molecule has 0 spiro atoms. The fraction of sp³-hybridized carbons (Fsp3) is 0.429. The van der Waals surface area contributed by atoms with E-state index in [2.05, 4.69) is 20.8 Å². The topological polar surface area (TPSA) is 26.0 Å². The Morgan fingerprint density at radius 1 is 1.10 bits per heavy atom. The van der Waals surface area contributed by atoms with Gasteiger partial charge in [-0.2, -0.15) is 0 Å². The summed E-state index contributed by atoms with van der Waals surface area (Å²) >= 11 is 1.77. The van der Waals surface area contributed by atoms with E-state index in [0.29, 0.717) is 0 Å². The molecule has 1 rings (SSSR count). The van der Waals surface area contributed by atoms with Crippen LogP contribution in [0.1, 0.15) is 15.3 Å². The molecule has 0 saturated heterocycles. The van der Waals surface area contributed by atoms with Crippen LogP contribution in [0.5, 0.6) is 0 Å². The van der Waals surface area contributed by atoms with E-state index in [0.717, 1.165) is 5.69 Å². The van der Waals surface area contributed by atoms with Crippen molar-refractivity contribution in [1.82, 2.24) is 0 Å². The van der Waals surface area contributed by atoms with Crippen LogP contribution in [0.15, 0.2) is 0 Å². The van der Waals surface area contributed by atoms with Crippen LogP contribution in [-0.2, 0) is 0 Å². The number of hydrogen-bond donors (Lipinski definition) is 1. The first kappa shape index (κ1) is 9.79. The second-order valence-electron chi connectivity index (χ2n) is 2.25. The lowest BCUT2D eigenvalue weighted by Crippen LogP contribution is -1.85. The van der Waals surface area contributed by atoms with E-state index in [-0.39, 0.29) is 12.4 Å². The number of anilines is 1. The summed E-state index contributed by atoms with van der Waals surface area (Å²) in [6.07, 6.45) is 0. The van der Waals surface area contributed by atoms with Crippen molar-refractivity contribution in [2.75, 3.05) is 5.73 Å². The van der Waals surface area contributed by atoms with E-state index in [9.17, 15) is 0 Å². The van der Waals surface area contributed by atoms with Crippen molar-refractivity contribution >= 4 is 29.4 Å². The third-order valence-electron chi connectivity index (χ3n) is 1.62. The molecule has 1 aromatic heterocycles. The number of rotatable bonds is 0. The van der Waals surface area contributed by atoms with E-state index < -0.39 is 0 Å². The molecule has 0 aromatic carbocycles. The fourth-order valence-corrected chi connectivity index (χ4v) is 1.80. The first-order valence-electron chi connectivity index (χ1n) is 2.95. The summed E-state index contributed by atoms with van der Waals surface area (Å²) in [5.74, 6) is 0. The molecular weight excluding hydrogens is 166 g/mol. The molecule has 0 aliphatic carbocycles. The van der Waals surface area contributed by atoms with Crippen LogP contribution < -0.4 is 5.73 Å². The highest BCUT2D eigenvalue weighted by Crippen LogP contribution is 2.27. The predicted molar refractivity (Wildman–Crippen MR) is 50.2 cm³/mol. The molecule has 0 fully saturated rings. The molecule has 0 bridgehead atoms. The third-order valence-corrected chi connectivity index (χ3v) is 2.76. The lowest BCUT2D eigenvalue weighted by Gasteiger charge is -1.89. The SMILES string of the molecule is Cc1sc(C)c(N)c1C.Cl. The highest BCUT2D eigenvalue weighted by atomic mass is 35.5. The van der Waals surface area contributed by atoms with Gasteiger partial charge >= 0.3 is 0 Å². The molecule has 3 heteroatoms. The molecule has 10 heavy (non-hydrogen) atoms. The van der Waals surface area contributed by atoms with Crippen LogP contribution in [0.2, 0.25) is 0 Å². The van der Waals surface area contributed by atoms with Gasteiger partial charge in [-0.05, 0) is 26.3 Å². The molecule has 1 nitrogen and oxygen atoms in total. The Labute approximate surface area is 71.7 Å². The lowest BCUT2D eigenvalue weighted by molar-refractivity contribution is 1.43. The number of halogens is 1. The predicted octanol–water partition coefficient (Wildman–Crippen LogP) is 2.68. The highest BCUT2D eigenvalue weighted by molar-refractivity contribution is 7.12. The smallest absolute Gasteiger partial charge is 0.0484 e. The van der Waals surface area contributed by atoms with E-state index >= 15 is 0 Å². The van der Waals surface area contributed by atoms with E-state index in [4.69, 9.17) is 5.73 Å². The van der Waals surface area contributed by atoms with Gasteiger partial charge in [0.25, 0.3) is 0 Å². The van der Waals surface area contributed by atoms with Gasteiger partial charge in [0.15, 0.2) is 0 Å². The second kappa shape index (κ2) is 3.26. The Balaban J connectivity index is 0.000000810. The van der Waals surface area contributed by atoms with Crippen molar-refractivity contribution in [2.45, 2.75) is 20.8 Å². The van der Waals surface area contributed by atoms with Crippen LogP contribution in [0, 0.1) is 20.8 Å². The molecule has 0 amide bonds. The molecule has 0 radical (unpaired) electrons. The van der Waals surface area contributed by atoms with Gasteiger partial charge in [-0.25, -0.2) is 0 Å². The summed E-state index contributed by atoms with van der Waals surface area (Å²) in [5.41, 5.74) is 7.93. The molecule has 0 aliphatic rings. The largest absolute Gasteiger partial charge is 0.398 e. The van der Waals surface area contributed by atoms with Crippen LogP contribution >= 0.6 is 23.7 Å². The van der Waals surface area contributed by atoms with Gasteiger partial charge in [0.05, 0.1) is 0 Å². The summed E-state index contributed by atoms with van der Waals surface area (Å²) in [6.45, 7) is 6.22. The van der Waals surface area contributed by atoms with Gasteiger partial charge in [0.2, 0.25) is 0 Å². The molecule has 0 unspecified atom stereocenters. The van der Waals surface area contributed by atoms with Gasteiger partial charge < -0.3 is 5.73 Å². The lowest BCUT2D eigenvalue weighted by atomic mass is 10.2. The van der Waals surface area contributed by atoms with Crippen molar-refractivity contribution in [2.24, 2.45) is 0 Å². The van der Waals surface area contributed by atoms with Crippen LogP contribution in [0.25, 0.3) is 0 Å². The number of hydrogen-bond acceptors (Lipinski definition) is 2. The number of thiophene rings is 1. The minimum atomic E-state index is 0. The van der Waals surface area contributed by atoms with E-state index in [1.54, 1.807) is 11.3 Å².